The number of cyclic esters (lactones) is 1. The Bertz CT molecular complexity index is 867. The van der Waals surface area contributed by atoms with Crippen LogP contribution in [0.5, 0.6) is 5.75 Å². The molecule has 2 aromatic rings. The summed E-state index contributed by atoms with van der Waals surface area (Å²) in [4.78, 5) is 22.6. The molecule has 4 rings (SSSR count). The molecule has 1 amide bonds. The van der Waals surface area contributed by atoms with Gasteiger partial charge in [-0.05, 0) is 38.5 Å². The Balaban J connectivity index is 1.43. The fourth-order valence-corrected chi connectivity index (χ4v) is 3.34. The number of carbonyl (C=O) groups excluding carboxylic acids is 1. The van der Waals surface area contributed by atoms with E-state index in [4.69, 9.17) is 9.47 Å². The fraction of sp³-hybridized carbons (Fsp3) is 0.476. The van der Waals surface area contributed by atoms with Crippen molar-refractivity contribution in [3.63, 3.8) is 0 Å². The molecule has 1 saturated heterocycles. The molecule has 3 heterocycles. The lowest BCUT2D eigenvalue weighted by atomic mass is 10.1. The van der Waals surface area contributed by atoms with Crippen LogP contribution < -0.4 is 20.3 Å². The normalized spacial score (nSPS) is 17.4. The molecule has 1 aromatic heterocycles. The number of ether oxygens (including phenoxy) is 2. The van der Waals surface area contributed by atoms with Gasteiger partial charge in [0.15, 0.2) is 0 Å². The molecule has 0 saturated carbocycles. The van der Waals surface area contributed by atoms with Crippen molar-refractivity contribution in [1.82, 2.24) is 15.3 Å². The Morgan fingerprint density at radius 3 is 2.69 bits per heavy atom. The zero-order valence-electron chi connectivity index (χ0n) is 17.0. The Morgan fingerprint density at radius 2 is 2.03 bits per heavy atom. The topological polar surface area (TPSA) is 88.6 Å². The van der Waals surface area contributed by atoms with Crippen molar-refractivity contribution in [3.05, 3.63) is 41.6 Å². The van der Waals surface area contributed by atoms with Gasteiger partial charge in [0, 0.05) is 31.2 Å². The average Bonchev–Trinajstić information content (AvgIpc) is 2.66. The van der Waals surface area contributed by atoms with Crippen LogP contribution in [-0.4, -0.2) is 41.8 Å². The highest BCUT2D eigenvalue weighted by atomic mass is 16.6. The first-order valence-corrected chi connectivity index (χ1v) is 10.0. The summed E-state index contributed by atoms with van der Waals surface area (Å²) in [5.74, 6) is 2.58. The van der Waals surface area contributed by atoms with E-state index >= 15 is 0 Å². The maximum atomic E-state index is 12.1. The third-order valence-electron chi connectivity index (χ3n) is 5.21. The molecule has 8 nitrogen and oxygen atoms in total. The number of fused-ring (bicyclic) bond motifs is 1. The van der Waals surface area contributed by atoms with Crippen molar-refractivity contribution in [2.75, 3.05) is 29.9 Å². The van der Waals surface area contributed by atoms with Crippen molar-refractivity contribution >= 4 is 17.9 Å². The quantitative estimate of drug-likeness (QED) is 0.742. The van der Waals surface area contributed by atoms with Crippen LogP contribution in [0.2, 0.25) is 0 Å². The highest BCUT2D eigenvalue weighted by molar-refractivity contribution is 5.89. The number of hydrogen-bond donors (Lipinski definition) is 2. The monoisotopic (exact) mass is 397 g/mol. The predicted molar refractivity (Wildman–Crippen MR) is 110 cm³/mol. The summed E-state index contributed by atoms with van der Waals surface area (Å²) >= 11 is 0. The first kappa shape index (κ1) is 19.4. The predicted octanol–water partition coefficient (Wildman–Crippen LogP) is 3.11. The van der Waals surface area contributed by atoms with Crippen LogP contribution in [0.4, 0.5) is 16.6 Å². The third-order valence-corrected chi connectivity index (χ3v) is 5.21. The summed E-state index contributed by atoms with van der Waals surface area (Å²) in [6.45, 7) is 8.92. The minimum atomic E-state index is -0.376. The lowest BCUT2D eigenvalue weighted by Crippen LogP contribution is -2.45. The van der Waals surface area contributed by atoms with Gasteiger partial charge in [-0.2, -0.15) is 4.98 Å². The number of carbonyl (C=O) groups is 1. The number of benzene rings is 1. The summed E-state index contributed by atoms with van der Waals surface area (Å²) in [5.41, 5.74) is 1.91. The van der Waals surface area contributed by atoms with Crippen molar-refractivity contribution < 1.29 is 14.3 Å². The van der Waals surface area contributed by atoms with E-state index < -0.39 is 0 Å². The van der Waals surface area contributed by atoms with E-state index in [1.807, 2.05) is 45.0 Å². The fourth-order valence-electron chi connectivity index (χ4n) is 3.34. The van der Waals surface area contributed by atoms with Crippen LogP contribution in [0.15, 0.2) is 30.5 Å². The third kappa shape index (κ3) is 4.27. The molecule has 2 aliphatic heterocycles. The summed E-state index contributed by atoms with van der Waals surface area (Å²) in [6, 6.07) is 8.02. The minimum Gasteiger partial charge on any atom is -0.493 e. The number of anilines is 2. The van der Waals surface area contributed by atoms with Crippen LogP contribution in [0, 0.1) is 5.92 Å². The number of amides is 1. The molecule has 0 aliphatic carbocycles. The second-order valence-corrected chi connectivity index (χ2v) is 7.83. The molecule has 0 bridgehead atoms. The Morgan fingerprint density at radius 1 is 1.28 bits per heavy atom. The van der Waals surface area contributed by atoms with Gasteiger partial charge in [0.25, 0.3) is 0 Å². The molecule has 1 fully saturated rings. The molecule has 2 aliphatic rings. The molecule has 1 aromatic carbocycles. The maximum absolute atomic E-state index is 12.1. The summed E-state index contributed by atoms with van der Waals surface area (Å²) < 4.78 is 11.0. The van der Waals surface area contributed by atoms with E-state index in [0.717, 1.165) is 36.6 Å². The maximum Gasteiger partial charge on any atom is 0.416 e. The van der Waals surface area contributed by atoms with E-state index in [1.54, 1.807) is 11.1 Å². The van der Waals surface area contributed by atoms with Gasteiger partial charge in [-0.25, -0.2) is 9.78 Å². The largest absolute Gasteiger partial charge is 0.493 e. The smallest absolute Gasteiger partial charge is 0.416 e. The van der Waals surface area contributed by atoms with Gasteiger partial charge < -0.3 is 20.1 Å². The van der Waals surface area contributed by atoms with E-state index in [0.29, 0.717) is 17.7 Å². The molecule has 0 unspecified atom stereocenters. The van der Waals surface area contributed by atoms with Gasteiger partial charge in [0.05, 0.1) is 18.2 Å². The standard InChI is InChI=1S/C21H27N5O3/c1-13(2)26-19-17(12-29-21(26)27)10-23-20(25-19)24-14(3)16-4-6-18(7-5-16)28-11-15-8-22-9-15/h4-7,10,13-15,22H,8-9,11-12H2,1-3H3,(H,23,24,25)/t14-/m0/s1. The zero-order chi connectivity index (χ0) is 20.4. The van der Waals surface area contributed by atoms with Gasteiger partial charge in [0.2, 0.25) is 5.95 Å². The van der Waals surface area contributed by atoms with Crippen LogP contribution in [0.25, 0.3) is 0 Å². The van der Waals surface area contributed by atoms with Gasteiger partial charge >= 0.3 is 6.09 Å². The van der Waals surface area contributed by atoms with Crippen molar-refractivity contribution in [2.45, 2.75) is 39.5 Å². The number of hydrogen-bond acceptors (Lipinski definition) is 7. The van der Waals surface area contributed by atoms with Gasteiger partial charge in [0.1, 0.15) is 18.2 Å². The Kier molecular flexibility index (Phi) is 5.53. The first-order chi connectivity index (χ1) is 14.0. The molecule has 0 spiro atoms. The lowest BCUT2D eigenvalue weighted by Gasteiger charge is -2.30. The first-order valence-electron chi connectivity index (χ1n) is 10.0. The average molecular weight is 397 g/mol. The summed E-state index contributed by atoms with van der Waals surface area (Å²) in [6.07, 6.45) is 1.34. The molecular formula is C21H27N5O3. The second kappa shape index (κ2) is 8.24. The summed E-state index contributed by atoms with van der Waals surface area (Å²) in [7, 11) is 0. The highest BCUT2D eigenvalue weighted by Gasteiger charge is 2.30. The molecular weight excluding hydrogens is 370 g/mol. The molecule has 1 atom stereocenters. The molecule has 8 heteroatoms. The van der Waals surface area contributed by atoms with E-state index in [-0.39, 0.29) is 24.8 Å². The zero-order valence-corrected chi connectivity index (χ0v) is 17.0. The molecule has 29 heavy (non-hydrogen) atoms. The van der Waals surface area contributed by atoms with Gasteiger partial charge in [-0.15, -0.1) is 0 Å². The van der Waals surface area contributed by atoms with E-state index in [2.05, 4.69) is 20.6 Å². The van der Waals surface area contributed by atoms with Crippen LogP contribution in [-0.2, 0) is 11.3 Å². The lowest BCUT2D eigenvalue weighted by molar-refractivity contribution is 0.139. The van der Waals surface area contributed by atoms with Gasteiger partial charge in [-0.1, -0.05) is 12.1 Å². The van der Waals surface area contributed by atoms with Crippen molar-refractivity contribution in [1.29, 1.82) is 0 Å². The molecule has 0 radical (unpaired) electrons. The van der Waals surface area contributed by atoms with Crippen molar-refractivity contribution in [2.24, 2.45) is 5.92 Å². The Labute approximate surface area is 170 Å². The highest BCUT2D eigenvalue weighted by Crippen LogP contribution is 2.28. The SMILES string of the molecule is CC(C)N1C(=O)OCc2cnc(N[C@@H](C)c3ccc(OCC4CNC4)cc3)nc21. The van der Waals surface area contributed by atoms with Crippen molar-refractivity contribution in [3.8, 4) is 5.75 Å². The number of nitrogens with one attached hydrogen (secondary N) is 2. The minimum absolute atomic E-state index is 0.000902. The summed E-state index contributed by atoms with van der Waals surface area (Å²) in [5, 5.41) is 6.57. The van der Waals surface area contributed by atoms with Crippen LogP contribution >= 0.6 is 0 Å². The van der Waals surface area contributed by atoms with Gasteiger partial charge in [-0.3, -0.25) is 4.90 Å². The second-order valence-electron chi connectivity index (χ2n) is 7.83. The number of nitrogens with zero attached hydrogens (tertiary/aromatic N) is 3. The molecule has 154 valence electrons. The number of aromatic nitrogens is 2. The van der Waals surface area contributed by atoms with E-state index in [1.165, 1.54) is 0 Å². The van der Waals surface area contributed by atoms with Crippen LogP contribution in [0.1, 0.15) is 37.9 Å². The molecule has 2 N–H and O–H groups in total. The number of rotatable bonds is 7. The Hall–Kier alpha value is -2.87. The van der Waals surface area contributed by atoms with E-state index in [9.17, 15) is 4.79 Å². The van der Waals surface area contributed by atoms with Crippen LogP contribution in [0.3, 0.4) is 0 Å².